The van der Waals surface area contributed by atoms with Crippen molar-refractivity contribution >= 4 is 5.78 Å². The third-order valence-electron chi connectivity index (χ3n) is 9.16. The molecule has 0 aromatic carbocycles. The highest BCUT2D eigenvalue weighted by molar-refractivity contribution is 5.91. The van der Waals surface area contributed by atoms with Crippen molar-refractivity contribution in [3.05, 3.63) is 11.6 Å². The summed E-state index contributed by atoms with van der Waals surface area (Å²) in [6, 6.07) is 0. The van der Waals surface area contributed by atoms with Gasteiger partial charge in [-0.15, -0.1) is 12.3 Å². The van der Waals surface area contributed by atoms with Gasteiger partial charge < -0.3 is 0 Å². The lowest BCUT2D eigenvalue weighted by atomic mass is 9.46. The van der Waals surface area contributed by atoms with Gasteiger partial charge in [0.2, 0.25) is 0 Å². The molecule has 4 rings (SSSR count). The van der Waals surface area contributed by atoms with Crippen LogP contribution < -0.4 is 0 Å². The van der Waals surface area contributed by atoms with Gasteiger partial charge in [-0.2, -0.15) is 0 Å². The molecule has 25 heavy (non-hydrogen) atoms. The maximum Gasteiger partial charge on any atom is 0.155 e. The monoisotopic (exact) mass is 338 g/mol. The molecule has 7 unspecified atom stereocenters. The van der Waals surface area contributed by atoms with Crippen molar-refractivity contribution in [2.45, 2.75) is 78.6 Å². The zero-order chi connectivity index (χ0) is 17.8. The smallest absolute Gasteiger partial charge is 0.155 e. The van der Waals surface area contributed by atoms with Crippen LogP contribution in [0, 0.1) is 52.8 Å². The minimum Gasteiger partial charge on any atom is -0.295 e. The quantitative estimate of drug-likeness (QED) is 0.582. The van der Waals surface area contributed by atoms with E-state index in [9.17, 15) is 4.79 Å². The minimum atomic E-state index is 0.306. The molecule has 0 saturated heterocycles. The first-order valence-electron chi connectivity index (χ1n) is 10.6. The van der Waals surface area contributed by atoms with Gasteiger partial charge in [-0.1, -0.05) is 26.3 Å². The van der Waals surface area contributed by atoms with Crippen LogP contribution >= 0.6 is 0 Å². The van der Waals surface area contributed by atoms with Gasteiger partial charge in [0.1, 0.15) is 0 Å². The SMILES string of the molecule is C#CCC(C)C1CCC2C3CCC4=CC(=O)CCC4(C)C3CCC12C. The van der Waals surface area contributed by atoms with E-state index >= 15 is 0 Å². The summed E-state index contributed by atoms with van der Waals surface area (Å²) in [5, 5.41) is 0. The van der Waals surface area contributed by atoms with Gasteiger partial charge in [0.25, 0.3) is 0 Å². The number of carbonyl (C=O) groups is 1. The normalized spacial score (nSPS) is 47.1. The molecule has 4 aliphatic rings. The lowest BCUT2D eigenvalue weighted by Crippen LogP contribution is -2.50. The first-order valence-corrected chi connectivity index (χ1v) is 10.6. The zero-order valence-corrected chi connectivity index (χ0v) is 16.3. The maximum atomic E-state index is 11.9. The summed E-state index contributed by atoms with van der Waals surface area (Å²) < 4.78 is 0. The summed E-state index contributed by atoms with van der Waals surface area (Å²) in [5.74, 6) is 7.33. The molecule has 0 radical (unpaired) electrons. The predicted octanol–water partition coefficient (Wildman–Crippen LogP) is 5.79. The number of carbonyl (C=O) groups excluding carboxylic acids is 1. The topological polar surface area (TPSA) is 17.1 Å². The standard InChI is InChI=1S/C24H34O/c1-5-6-16(2)20-9-10-21-19-8-7-17-15-18(25)11-13-23(17,3)22(19)12-14-24(20,21)4/h1,15-16,19-22H,6-14H2,2-4H3. The molecule has 0 aliphatic heterocycles. The van der Waals surface area contributed by atoms with E-state index in [1.165, 1.54) is 44.1 Å². The second kappa shape index (κ2) is 6.00. The number of rotatable bonds is 2. The van der Waals surface area contributed by atoms with Crippen molar-refractivity contribution in [1.82, 2.24) is 0 Å². The molecule has 0 N–H and O–H groups in total. The molecule has 7 atom stereocenters. The van der Waals surface area contributed by atoms with Gasteiger partial charge in [0, 0.05) is 12.8 Å². The predicted molar refractivity (Wildman–Crippen MR) is 103 cm³/mol. The Bertz CT molecular complexity index is 637. The third kappa shape index (κ3) is 2.47. The third-order valence-corrected chi connectivity index (χ3v) is 9.16. The van der Waals surface area contributed by atoms with Crippen molar-refractivity contribution in [3.8, 4) is 12.3 Å². The number of ketones is 1. The molecule has 136 valence electrons. The van der Waals surface area contributed by atoms with Crippen LogP contribution in [0.4, 0.5) is 0 Å². The number of fused-ring (bicyclic) bond motifs is 5. The Morgan fingerprint density at radius 3 is 2.72 bits per heavy atom. The number of hydrogen-bond donors (Lipinski definition) is 0. The van der Waals surface area contributed by atoms with E-state index in [0.29, 0.717) is 22.5 Å². The Morgan fingerprint density at radius 1 is 1.16 bits per heavy atom. The second-order valence-electron chi connectivity index (χ2n) is 10.1. The first kappa shape index (κ1) is 17.4. The molecule has 3 saturated carbocycles. The van der Waals surface area contributed by atoms with Gasteiger partial charge in [0.15, 0.2) is 5.78 Å². The van der Waals surface area contributed by atoms with Gasteiger partial charge in [-0.05, 0) is 91.4 Å². The molecule has 3 fully saturated rings. The van der Waals surface area contributed by atoms with Crippen LogP contribution in [-0.4, -0.2) is 5.78 Å². The Labute approximate surface area is 154 Å². The van der Waals surface area contributed by atoms with E-state index in [0.717, 1.165) is 42.9 Å². The first-order chi connectivity index (χ1) is 11.9. The van der Waals surface area contributed by atoms with Crippen LogP contribution in [0.2, 0.25) is 0 Å². The minimum absolute atomic E-state index is 0.306. The van der Waals surface area contributed by atoms with Crippen LogP contribution in [0.5, 0.6) is 0 Å². The fourth-order valence-corrected chi connectivity index (χ4v) is 7.86. The molecule has 0 heterocycles. The van der Waals surface area contributed by atoms with Gasteiger partial charge >= 0.3 is 0 Å². The Morgan fingerprint density at radius 2 is 1.96 bits per heavy atom. The Kier molecular flexibility index (Phi) is 4.18. The zero-order valence-electron chi connectivity index (χ0n) is 16.3. The van der Waals surface area contributed by atoms with Crippen molar-refractivity contribution < 1.29 is 4.79 Å². The molecule has 0 amide bonds. The van der Waals surface area contributed by atoms with E-state index in [-0.39, 0.29) is 0 Å². The maximum absolute atomic E-state index is 11.9. The van der Waals surface area contributed by atoms with Crippen LogP contribution in [0.3, 0.4) is 0 Å². The highest BCUT2D eigenvalue weighted by Crippen LogP contribution is 2.67. The number of terminal acetylenes is 1. The van der Waals surface area contributed by atoms with Crippen LogP contribution in [0.1, 0.15) is 78.6 Å². The fraction of sp³-hybridized carbons (Fsp3) is 0.792. The Balaban J connectivity index is 1.62. The molecular weight excluding hydrogens is 304 g/mol. The highest BCUT2D eigenvalue weighted by atomic mass is 16.1. The van der Waals surface area contributed by atoms with Crippen molar-refractivity contribution in [1.29, 1.82) is 0 Å². The van der Waals surface area contributed by atoms with Gasteiger partial charge in [-0.25, -0.2) is 0 Å². The molecule has 0 aromatic heterocycles. The molecule has 1 heteroatoms. The summed E-state index contributed by atoms with van der Waals surface area (Å²) in [7, 11) is 0. The van der Waals surface area contributed by atoms with Crippen molar-refractivity contribution in [2.24, 2.45) is 40.4 Å². The largest absolute Gasteiger partial charge is 0.295 e. The molecule has 0 aromatic rings. The second-order valence-corrected chi connectivity index (χ2v) is 10.1. The summed E-state index contributed by atoms with van der Waals surface area (Å²) in [4.78, 5) is 11.9. The lowest BCUT2D eigenvalue weighted by Gasteiger charge is -2.58. The van der Waals surface area contributed by atoms with Gasteiger partial charge in [0.05, 0.1) is 0 Å². The van der Waals surface area contributed by atoms with E-state index in [1.54, 1.807) is 0 Å². The summed E-state index contributed by atoms with van der Waals surface area (Å²) >= 11 is 0. The number of hydrogen-bond acceptors (Lipinski definition) is 1. The lowest BCUT2D eigenvalue weighted by molar-refractivity contribution is -0.117. The van der Waals surface area contributed by atoms with Crippen LogP contribution in [-0.2, 0) is 4.79 Å². The fourth-order valence-electron chi connectivity index (χ4n) is 7.86. The molecule has 4 aliphatic carbocycles. The highest BCUT2D eigenvalue weighted by Gasteiger charge is 2.59. The van der Waals surface area contributed by atoms with Crippen LogP contribution in [0.15, 0.2) is 11.6 Å². The van der Waals surface area contributed by atoms with E-state index in [2.05, 4.69) is 26.7 Å². The molecule has 0 bridgehead atoms. The molecule has 0 spiro atoms. The average Bonchev–Trinajstić information content (AvgIpc) is 2.93. The Hall–Kier alpha value is -1.03. The van der Waals surface area contributed by atoms with E-state index in [1.807, 2.05) is 6.08 Å². The summed E-state index contributed by atoms with van der Waals surface area (Å²) in [6.07, 6.45) is 18.5. The molecule has 1 nitrogen and oxygen atoms in total. The van der Waals surface area contributed by atoms with E-state index < -0.39 is 0 Å². The van der Waals surface area contributed by atoms with E-state index in [4.69, 9.17) is 6.42 Å². The average molecular weight is 339 g/mol. The summed E-state index contributed by atoms with van der Waals surface area (Å²) in [5.41, 5.74) is 2.30. The van der Waals surface area contributed by atoms with Crippen molar-refractivity contribution in [2.75, 3.05) is 0 Å². The molecular formula is C24H34O. The number of allylic oxidation sites excluding steroid dienone is 1. The van der Waals surface area contributed by atoms with Crippen molar-refractivity contribution in [3.63, 3.8) is 0 Å². The van der Waals surface area contributed by atoms with Gasteiger partial charge in [-0.3, -0.25) is 4.79 Å². The van der Waals surface area contributed by atoms with Crippen LogP contribution in [0.25, 0.3) is 0 Å². The summed E-state index contributed by atoms with van der Waals surface area (Å²) in [6.45, 7) is 7.47.